The van der Waals surface area contributed by atoms with Crippen LogP contribution in [-0.4, -0.2) is 40.1 Å². The Morgan fingerprint density at radius 3 is 2.51 bits per heavy atom. The number of aromatic nitrogens is 2. The number of nitrogens with zero attached hydrogens (tertiary/aromatic N) is 2. The molecule has 0 bridgehead atoms. The van der Waals surface area contributed by atoms with Crippen molar-refractivity contribution >= 4 is 46.0 Å². The molecule has 0 aliphatic heterocycles. The van der Waals surface area contributed by atoms with Crippen LogP contribution in [0.1, 0.15) is 15.9 Å². The number of carbonyl (C=O) groups excluding carboxylic acids is 1. The number of halogens is 3. The quantitative estimate of drug-likeness (QED) is 0.353. The average molecular weight is 514 g/mol. The summed E-state index contributed by atoms with van der Waals surface area (Å²) in [5.74, 6) is -2.26. The van der Waals surface area contributed by atoms with E-state index >= 15 is 0 Å². The molecule has 2 N–H and O–H groups in total. The normalized spacial score (nSPS) is 11.8. The van der Waals surface area contributed by atoms with Gasteiger partial charge in [-0.1, -0.05) is 47.5 Å². The zero-order valence-electron chi connectivity index (χ0n) is 18.3. The summed E-state index contributed by atoms with van der Waals surface area (Å²) in [7, 11) is 1.43. The Labute approximate surface area is 209 Å². The smallest absolute Gasteiger partial charge is 0.326 e. The molecule has 0 saturated heterocycles. The molecule has 7 nitrogen and oxygen atoms in total. The zero-order chi connectivity index (χ0) is 25.1. The minimum Gasteiger partial charge on any atom is -0.481 e. The monoisotopic (exact) mass is 513 g/mol. The second-order valence-electron chi connectivity index (χ2n) is 7.55. The minimum absolute atomic E-state index is 0.00823. The number of amides is 1. The maximum Gasteiger partial charge on any atom is 0.326 e. The van der Waals surface area contributed by atoms with Gasteiger partial charge in [0.2, 0.25) is 5.88 Å². The van der Waals surface area contributed by atoms with Crippen LogP contribution in [0.15, 0.2) is 60.9 Å². The van der Waals surface area contributed by atoms with Crippen molar-refractivity contribution in [3.05, 3.63) is 87.9 Å². The molecule has 35 heavy (non-hydrogen) atoms. The van der Waals surface area contributed by atoms with E-state index in [1.165, 1.54) is 25.3 Å². The molecule has 0 saturated carbocycles. The minimum atomic E-state index is -1.30. The van der Waals surface area contributed by atoms with Crippen LogP contribution in [0.4, 0.5) is 4.39 Å². The highest BCUT2D eigenvalue weighted by Gasteiger charge is 2.25. The summed E-state index contributed by atoms with van der Waals surface area (Å²) in [4.78, 5) is 33.2. The number of rotatable bonds is 7. The van der Waals surface area contributed by atoms with Crippen molar-refractivity contribution in [3.8, 4) is 17.0 Å². The maximum absolute atomic E-state index is 14.0. The molecule has 0 aliphatic rings. The van der Waals surface area contributed by atoms with E-state index in [4.69, 9.17) is 27.9 Å². The van der Waals surface area contributed by atoms with Crippen LogP contribution in [0.3, 0.4) is 0 Å². The summed E-state index contributed by atoms with van der Waals surface area (Å²) in [5, 5.41) is 13.1. The number of hydrogen-bond acceptors (Lipinski definition) is 5. The van der Waals surface area contributed by atoms with E-state index in [1.54, 1.807) is 36.5 Å². The summed E-state index contributed by atoms with van der Waals surface area (Å²) in [6, 6.07) is 11.5. The van der Waals surface area contributed by atoms with Crippen LogP contribution in [0.25, 0.3) is 22.0 Å². The average Bonchev–Trinajstić information content (AvgIpc) is 2.83. The summed E-state index contributed by atoms with van der Waals surface area (Å²) >= 11 is 12.2. The van der Waals surface area contributed by atoms with Gasteiger partial charge < -0.3 is 15.2 Å². The molecule has 4 aromatic rings. The molecule has 178 valence electrons. The third kappa shape index (κ3) is 5.03. The van der Waals surface area contributed by atoms with E-state index in [1.807, 2.05) is 0 Å². The van der Waals surface area contributed by atoms with Crippen molar-refractivity contribution in [2.24, 2.45) is 0 Å². The van der Waals surface area contributed by atoms with E-state index < -0.39 is 23.7 Å². The van der Waals surface area contributed by atoms with E-state index in [-0.39, 0.29) is 27.9 Å². The molecule has 4 rings (SSSR count). The predicted octanol–water partition coefficient (Wildman–Crippen LogP) is 5.18. The summed E-state index contributed by atoms with van der Waals surface area (Å²) in [6.45, 7) is 0. The number of hydrogen-bond donors (Lipinski definition) is 2. The maximum atomic E-state index is 14.0. The molecule has 10 heteroatoms. The first kappa shape index (κ1) is 24.4. The molecule has 2 aromatic carbocycles. The molecule has 2 heterocycles. The van der Waals surface area contributed by atoms with Crippen LogP contribution in [0.5, 0.6) is 5.88 Å². The number of carboxylic acid groups (broad SMARTS) is 1. The van der Waals surface area contributed by atoms with Gasteiger partial charge in [-0.05, 0) is 35.4 Å². The molecule has 0 fully saturated rings. The third-order valence-electron chi connectivity index (χ3n) is 5.37. The number of aliphatic carboxylic acids is 1. The Hall–Kier alpha value is -3.75. The van der Waals surface area contributed by atoms with Gasteiger partial charge in [-0.15, -0.1) is 0 Å². The Morgan fingerprint density at radius 2 is 1.83 bits per heavy atom. The van der Waals surface area contributed by atoms with E-state index in [2.05, 4.69) is 15.3 Å². The van der Waals surface area contributed by atoms with Crippen LogP contribution in [0, 0.1) is 5.82 Å². The van der Waals surface area contributed by atoms with Crippen molar-refractivity contribution in [3.63, 3.8) is 0 Å². The highest BCUT2D eigenvalue weighted by molar-refractivity contribution is 6.39. The summed E-state index contributed by atoms with van der Waals surface area (Å²) in [6.07, 6.45) is 2.55. The van der Waals surface area contributed by atoms with Crippen molar-refractivity contribution in [2.45, 2.75) is 12.5 Å². The van der Waals surface area contributed by atoms with Gasteiger partial charge in [0.05, 0.1) is 34.4 Å². The largest absolute Gasteiger partial charge is 0.481 e. The Kier molecular flexibility index (Phi) is 7.14. The molecule has 0 spiro atoms. The Bertz CT molecular complexity index is 1430. The van der Waals surface area contributed by atoms with Crippen LogP contribution < -0.4 is 10.1 Å². The zero-order valence-corrected chi connectivity index (χ0v) is 19.8. The highest BCUT2D eigenvalue weighted by atomic mass is 35.5. The van der Waals surface area contributed by atoms with Crippen molar-refractivity contribution in [2.75, 3.05) is 7.11 Å². The lowest BCUT2D eigenvalue weighted by Crippen LogP contribution is -2.42. The Balaban J connectivity index is 1.72. The number of carbonyl (C=O) groups is 2. The number of methoxy groups -OCH3 is 1. The fourth-order valence-corrected chi connectivity index (χ4v) is 4.35. The first-order valence-corrected chi connectivity index (χ1v) is 11.1. The number of nitrogens with one attached hydrogen (secondary N) is 1. The number of fused-ring (bicyclic) bond motifs is 1. The van der Waals surface area contributed by atoms with E-state index in [0.29, 0.717) is 27.6 Å². The summed E-state index contributed by atoms with van der Waals surface area (Å²) < 4.78 is 19.3. The van der Waals surface area contributed by atoms with Crippen molar-refractivity contribution in [1.82, 2.24) is 15.3 Å². The number of pyridine rings is 2. The van der Waals surface area contributed by atoms with Gasteiger partial charge in [0.1, 0.15) is 11.9 Å². The third-order valence-corrected chi connectivity index (χ3v) is 6.00. The molecule has 1 amide bonds. The van der Waals surface area contributed by atoms with Gasteiger partial charge in [-0.2, -0.15) is 0 Å². The molecule has 0 aliphatic carbocycles. The number of benzene rings is 2. The molecular formula is C25H18Cl2FN3O4. The van der Waals surface area contributed by atoms with Crippen molar-refractivity contribution < 1.29 is 23.8 Å². The lowest BCUT2D eigenvalue weighted by atomic mass is 9.95. The highest BCUT2D eigenvalue weighted by Crippen LogP contribution is 2.35. The van der Waals surface area contributed by atoms with Crippen LogP contribution in [-0.2, 0) is 11.2 Å². The topological polar surface area (TPSA) is 101 Å². The number of carboxylic acids is 1. The van der Waals surface area contributed by atoms with Gasteiger partial charge in [0.25, 0.3) is 5.91 Å². The second kappa shape index (κ2) is 10.2. The first-order valence-electron chi connectivity index (χ1n) is 10.3. The molecule has 0 unspecified atom stereocenters. The van der Waals surface area contributed by atoms with Gasteiger partial charge in [-0.3, -0.25) is 9.78 Å². The predicted molar refractivity (Wildman–Crippen MR) is 131 cm³/mol. The molecule has 1 atom stereocenters. The van der Waals surface area contributed by atoms with Crippen LogP contribution >= 0.6 is 23.2 Å². The fraction of sp³-hybridized carbons (Fsp3) is 0.120. The van der Waals surface area contributed by atoms with Gasteiger partial charge in [0.15, 0.2) is 0 Å². The van der Waals surface area contributed by atoms with E-state index in [0.717, 1.165) is 6.20 Å². The van der Waals surface area contributed by atoms with Gasteiger partial charge in [-0.25, -0.2) is 14.2 Å². The first-order chi connectivity index (χ1) is 16.8. The Morgan fingerprint density at radius 1 is 1.09 bits per heavy atom. The lowest BCUT2D eigenvalue weighted by Gasteiger charge is -2.18. The van der Waals surface area contributed by atoms with Gasteiger partial charge in [0, 0.05) is 23.6 Å². The fourth-order valence-electron chi connectivity index (χ4n) is 3.78. The standard InChI is InChI=1S/C25H18Cl2FN3O4/c1-35-24-17(11-14(28)12-30-24)15-8-7-13(22-16(15)4-3-9-29-22)10-20(25(33)34)31-23(32)21-18(26)5-2-6-19(21)27/h2-9,11-12,20H,10H2,1H3,(H,31,32)(H,33,34)/t20-/m0/s1. The summed E-state index contributed by atoms with van der Waals surface area (Å²) in [5.41, 5.74) is 2.08. The lowest BCUT2D eigenvalue weighted by molar-refractivity contribution is -0.139. The second-order valence-corrected chi connectivity index (χ2v) is 8.36. The van der Waals surface area contributed by atoms with Crippen molar-refractivity contribution in [1.29, 1.82) is 0 Å². The van der Waals surface area contributed by atoms with Gasteiger partial charge >= 0.3 is 5.97 Å². The molecular weight excluding hydrogens is 496 g/mol. The SMILES string of the molecule is COc1ncc(F)cc1-c1ccc(C[C@H](NC(=O)c2c(Cl)cccc2Cl)C(=O)O)c2ncccc12. The number of ether oxygens (including phenoxy) is 1. The molecule has 0 radical (unpaired) electrons. The van der Waals surface area contributed by atoms with Crippen LogP contribution in [0.2, 0.25) is 10.0 Å². The molecule has 2 aromatic heterocycles. The van der Waals surface area contributed by atoms with E-state index in [9.17, 15) is 19.1 Å².